The van der Waals surface area contributed by atoms with Gasteiger partial charge in [-0.3, -0.25) is 5.10 Å². The van der Waals surface area contributed by atoms with Crippen molar-refractivity contribution in [1.29, 1.82) is 0 Å². The molecule has 0 radical (unpaired) electrons. The highest BCUT2D eigenvalue weighted by Gasteiger charge is 2.19. The molecule has 0 bridgehead atoms. The molecule has 25 heavy (non-hydrogen) atoms. The molecule has 0 saturated heterocycles. The van der Waals surface area contributed by atoms with Gasteiger partial charge >= 0.3 is 5.97 Å². The molecule has 3 aromatic rings. The van der Waals surface area contributed by atoms with Gasteiger partial charge in [-0.05, 0) is 36.9 Å². The number of thiazole rings is 1. The lowest BCUT2D eigenvalue weighted by molar-refractivity contribution is 0.0515. The first-order valence-corrected chi connectivity index (χ1v) is 9.25. The second-order valence-corrected chi connectivity index (χ2v) is 7.16. The monoisotopic (exact) mass is 396 g/mol. The van der Waals surface area contributed by atoms with Crippen LogP contribution in [-0.4, -0.2) is 40.1 Å². The van der Waals surface area contributed by atoms with E-state index in [9.17, 15) is 4.79 Å². The maximum absolute atomic E-state index is 11.9. The minimum Gasteiger partial charge on any atom is -0.495 e. The zero-order valence-electron chi connectivity index (χ0n) is 13.3. The van der Waals surface area contributed by atoms with Crippen molar-refractivity contribution >= 4 is 40.7 Å². The number of carbonyl (C=O) groups excluding carboxylic acids is 1. The number of nitrogens with zero attached hydrogens (tertiary/aromatic N) is 3. The second kappa shape index (κ2) is 7.85. The Morgan fingerprint density at radius 2 is 2.28 bits per heavy atom. The predicted molar refractivity (Wildman–Crippen MR) is 95.6 cm³/mol. The lowest BCUT2D eigenvalue weighted by atomic mass is 10.2. The van der Waals surface area contributed by atoms with Crippen LogP contribution in [-0.2, 0) is 4.74 Å². The molecule has 2 heterocycles. The van der Waals surface area contributed by atoms with E-state index in [4.69, 9.17) is 21.1 Å². The smallest absolute Gasteiger partial charge is 0.359 e. The number of H-pyrrole nitrogens is 1. The van der Waals surface area contributed by atoms with E-state index in [0.29, 0.717) is 15.8 Å². The third-order valence-corrected chi connectivity index (χ3v) is 5.32. The Balaban J connectivity index is 1.80. The van der Waals surface area contributed by atoms with Gasteiger partial charge in [0.25, 0.3) is 0 Å². The zero-order chi connectivity index (χ0) is 17.8. The van der Waals surface area contributed by atoms with Crippen molar-refractivity contribution in [3.63, 3.8) is 0 Å². The fourth-order valence-electron chi connectivity index (χ4n) is 1.97. The van der Waals surface area contributed by atoms with Crippen LogP contribution < -0.4 is 4.74 Å². The maximum atomic E-state index is 11.9. The van der Waals surface area contributed by atoms with Crippen molar-refractivity contribution in [3.05, 3.63) is 34.3 Å². The molecular weight excluding hydrogens is 384 g/mol. The molecule has 7 nitrogen and oxygen atoms in total. The van der Waals surface area contributed by atoms with Gasteiger partial charge in [-0.25, -0.2) is 9.78 Å². The molecule has 130 valence electrons. The summed E-state index contributed by atoms with van der Waals surface area (Å²) in [4.78, 5) is 16.4. The van der Waals surface area contributed by atoms with E-state index in [-0.39, 0.29) is 12.3 Å². The van der Waals surface area contributed by atoms with Gasteiger partial charge in [-0.15, -0.1) is 16.4 Å². The van der Waals surface area contributed by atoms with E-state index in [0.717, 1.165) is 15.6 Å². The number of nitrogens with one attached hydrogen (secondary N) is 1. The Morgan fingerprint density at radius 1 is 1.44 bits per heavy atom. The second-order valence-electron chi connectivity index (χ2n) is 4.66. The molecule has 0 aliphatic rings. The molecule has 0 spiro atoms. The molecule has 0 aliphatic carbocycles. The number of hydrogen-bond donors (Lipinski definition) is 1. The number of methoxy groups -OCH3 is 1. The van der Waals surface area contributed by atoms with Crippen LogP contribution in [0.2, 0.25) is 5.02 Å². The van der Waals surface area contributed by atoms with Crippen molar-refractivity contribution in [2.24, 2.45) is 0 Å². The average Bonchev–Trinajstić information content (AvgIpc) is 3.25. The fourth-order valence-corrected chi connectivity index (χ4v) is 3.98. The number of aromatic amines is 1. The van der Waals surface area contributed by atoms with Crippen molar-refractivity contribution in [2.45, 2.75) is 16.3 Å². The number of benzene rings is 1. The molecule has 0 atom stereocenters. The topological polar surface area (TPSA) is 90.0 Å². The van der Waals surface area contributed by atoms with Crippen LogP contribution in [0.4, 0.5) is 0 Å². The summed E-state index contributed by atoms with van der Waals surface area (Å²) in [6.07, 6.45) is 0. The summed E-state index contributed by atoms with van der Waals surface area (Å²) in [5, 5.41) is 13.0. The highest BCUT2D eigenvalue weighted by Crippen LogP contribution is 2.35. The van der Waals surface area contributed by atoms with E-state index in [1.54, 1.807) is 26.2 Å². The number of aromatic nitrogens is 4. The number of hydrogen-bond acceptors (Lipinski definition) is 8. The Labute approximate surface area is 156 Å². The van der Waals surface area contributed by atoms with E-state index >= 15 is 0 Å². The van der Waals surface area contributed by atoms with Gasteiger partial charge in [0.1, 0.15) is 5.75 Å². The van der Waals surface area contributed by atoms with Crippen molar-refractivity contribution in [3.8, 4) is 17.0 Å². The van der Waals surface area contributed by atoms with Crippen LogP contribution in [0.1, 0.15) is 17.4 Å². The van der Waals surface area contributed by atoms with Gasteiger partial charge < -0.3 is 9.47 Å². The first-order chi connectivity index (χ1) is 12.1. The summed E-state index contributed by atoms with van der Waals surface area (Å²) in [5.41, 5.74) is 1.87. The quantitative estimate of drug-likeness (QED) is 0.631. The van der Waals surface area contributed by atoms with E-state index < -0.39 is 5.97 Å². The molecule has 10 heteroatoms. The highest BCUT2D eigenvalue weighted by atomic mass is 35.5. The van der Waals surface area contributed by atoms with Gasteiger partial charge in [-0.1, -0.05) is 16.8 Å². The van der Waals surface area contributed by atoms with Crippen LogP contribution in [0.3, 0.4) is 0 Å². The molecule has 0 fully saturated rings. The molecule has 3 rings (SSSR count). The molecule has 2 aromatic heterocycles. The first-order valence-electron chi connectivity index (χ1n) is 7.17. The molecule has 0 aliphatic heterocycles. The van der Waals surface area contributed by atoms with Gasteiger partial charge in [0.05, 0.1) is 24.4 Å². The summed E-state index contributed by atoms with van der Waals surface area (Å²) in [5.74, 6) is 0.116. The summed E-state index contributed by atoms with van der Waals surface area (Å²) < 4.78 is 10.8. The maximum Gasteiger partial charge on any atom is 0.359 e. The van der Waals surface area contributed by atoms with Crippen LogP contribution >= 0.6 is 34.7 Å². The van der Waals surface area contributed by atoms with Crippen LogP contribution in [0.25, 0.3) is 11.3 Å². The number of ether oxygens (including phenoxy) is 2. The number of rotatable bonds is 6. The molecule has 0 amide bonds. The Bertz CT molecular complexity index is 897. The van der Waals surface area contributed by atoms with E-state index in [2.05, 4.69) is 20.4 Å². The van der Waals surface area contributed by atoms with E-state index in [1.807, 2.05) is 11.4 Å². The van der Waals surface area contributed by atoms with Crippen molar-refractivity contribution in [2.75, 3.05) is 13.7 Å². The van der Waals surface area contributed by atoms with E-state index in [1.165, 1.54) is 23.1 Å². The van der Waals surface area contributed by atoms with Gasteiger partial charge in [0.15, 0.2) is 15.1 Å². The van der Waals surface area contributed by atoms with Gasteiger partial charge in [-0.2, -0.15) is 0 Å². The summed E-state index contributed by atoms with van der Waals surface area (Å²) >= 11 is 8.84. The lowest BCUT2D eigenvalue weighted by Gasteiger charge is -2.04. The van der Waals surface area contributed by atoms with Gasteiger partial charge in [0.2, 0.25) is 0 Å². The first kappa shape index (κ1) is 17.7. The number of esters is 1. The molecule has 1 N–H and O–H groups in total. The summed E-state index contributed by atoms with van der Waals surface area (Å²) in [7, 11) is 1.57. The van der Waals surface area contributed by atoms with Crippen molar-refractivity contribution < 1.29 is 14.3 Å². The van der Waals surface area contributed by atoms with Crippen LogP contribution in [0, 0.1) is 0 Å². The molecule has 0 unspecified atom stereocenters. The minimum absolute atomic E-state index is 0.219. The van der Waals surface area contributed by atoms with Crippen LogP contribution in [0.5, 0.6) is 5.75 Å². The number of halogens is 1. The lowest BCUT2D eigenvalue weighted by Crippen LogP contribution is -2.06. The highest BCUT2D eigenvalue weighted by molar-refractivity contribution is 8.01. The predicted octanol–water partition coefficient (Wildman–Crippen LogP) is 3.92. The Kier molecular flexibility index (Phi) is 5.57. The number of carbonyl (C=O) groups is 1. The molecule has 0 saturated carbocycles. The zero-order valence-corrected chi connectivity index (χ0v) is 15.7. The van der Waals surface area contributed by atoms with Crippen molar-refractivity contribution in [1.82, 2.24) is 20.4 Å². The normalized spacial score (nSPS) is 10.7. The third-order valence-electron chi connectivity index (χ3n) is 3.11. The Hall–Kier alpha value is -2.10. The third kappa shape index (κ3) is 3.94. The standard InChI is InChI=1S/C15H13ClN4O3S2/c1-3-23-14(21)12-13(19-20-18-12)25-15-17-10(7-24-15)8-4-5-11(22-2)9(16)6-8/h4-7H,3H2,1-2H3,(H,18,19,20). The fraction of sp³-hybridized carbons (Fsp3) is 0.200. The average molecular weight is 397 g/mol. The summed E-state index contributed by atoms with van der Waals surface area (Å²) in [6.45, 7) is 2.02. The van der Waals surface area contributed by atoms with Crippen LogP contribution in [0.15, 0.2) is 32.9 Å². The molecular formula is C15H13ClN4O3S2. The Morgan fingerprint density at radius 3 is 3.00 bits per heavy atom. The summed E-state index contributed by atoms with van der Waals surface area (Å²) in [6, 6.07) is 5.47. The molecule has 1 aromatic carbocycles. The largest absolute Gasteiger partial charge is 0.495 e. The minimum atomic E-state index is -0.492. The SMILES string of the molecule is CCOC(=O)c1[nH]nnc1Sc1nc(-c2ccc(OC)c(Cl)c2)cs1. The van der Waals surface area contributed by atoms with Gasteiger partial charge in [0, 0.05) is 10.9 Å².